The van der Waals surface area contributed by atoms with Crippen molar-refractivity contribution in [2.24, 2.45) is 11.8 Å². The van der Waals surface area contributed by atoms with Crippen LogP contribution in [0, 0.1) is 18.8 Å². The quantitative estimate of drug-likeness (QED) is 0.574. The first kappa shape index (κ1) is 19.2. The van der Waals surface area contributed by atoms with E-state index in [1.807, 2.05) is 17.9 Å². The van der Waals surface area contributed by atoms with Crippen LogP contribution in [0.15, 0.2) is 22.7 Å². The number of aromatic nitrogens is 1. The van der Waals surface area contributed by atoms with Gasteiger partial charge in [0, 0.05) is 37.4 Å². The summed E-state index contributed by atoms with van der Waals surface area (Å²) in [5, 5.41) is 6.76. The van der Waals surface area contributed by atoms with Gasteiger partial charge in [0.1, 0.15) is 5.76 Å². The minimum Gasteiger partial charge on any atom is -0.369 e. The Bertz CT molecular complexity index is 773. The lowest BCUT2D eigenvalue weighted by molar-refractivity contribution is -0.131. The monoisotopic (exact) mass is 387 g/mol. The Morgan fingerprint density at radius 1 is 1.46 bits per heavy atom. The van der Waals surface area contributed by atoms with Crippen LogP contribution in [0.25, 0.3) is 0 Å². The molecule has 2 bridgehead atoms. The summed E-state index contributed by atoms with van der Waals surface area (Å²) in [4.78, 5) is 26.9. The Morgan fingerprint density at radius 3 is 3.07 bits per heavy atom. The molecule has 0 saturated carbocycles. The van der Waals surface area contributed by atoms with Crippen molar-refractivity contribution in [2.75, 3.05) is 19.6 Å². The molecular weight excluding hydrogens is 358 g/mol. The maximum Gasteiger partial charge on any atom is 0.273 e. The van der Waals surface area contributed by atoms with E-state index in [4.69, 9.17) is 9.26 Å². The maximum absolute atomic E-state index is 12.6. The molecule has 28 heavy (non-hydrogen) atoms. The SMILES string of the molecule is C/C=C/CCCC(=O)N1C[C@@H]2[C@H](CNC(=O)c3cc(C)on3)[C@H]3CC[C@]2(C1)O3. The lowest BCUT2D eigenvalue weighted by Crippen LogP contribution is -2.42. The molecule has 2 amide bonds. The van der Waals surface area contributed by atoms with E-state index >= 15 is 0 Å². The van der Waals surface area contributed by atoms with E-state index < -0.39 is 0 Å². The summed E-state index contributed by atoms with van der Waals surface area (Å²) >= 11 is 0. The number of hydrogen-bond donors (Lipinski definition) is 1. The molecule has 0 aliphatic carbocycles. The van der Waals surface area contributed by atoms with Crippen LogP contribution in [0.5, 0.6) is 0 Å². The van der Waals surface area contributed by atoms with E-state index in [1.54, 1.807) is 13.0 Å². The van der Waals surface area contributed by atoms with Gasteiger partial charge in [0.25, 0.3) is 5.91 Å². The lowest BCUT2D eigenvalue weighted by atomic mass is 9.73. The van der Waals surface area contributed by atoms with Crippen LogP contribution >= 0.6 is 0 Å². The van der Waals surface area contributed by atoms with E-state index in [-0.39, 0.29) is 29.4 Å². The van der Waals surface area contributed by atoms with Gasteiger partial charge in [0.05, 0.1) is 18.2 Å². The Labute approximate surface area is 165 Å². The minimum absolute atomic E-state index is 0.177. The fraction of sp³-hybridized carbons (Fsp3) is 0.667. The topological polar surface area (TPSA) is 84.7 Å². The van der Waals surface area contributed by atoms with Crippen LogP contribution in [-0.2, 0) is 9.53 Å². The molecule has 4 atom stereocenters. The molecule has 0 aromatic carbocycles. The summed E-state index contributed by atoms with van der Waals surface area (Å²) in [6.07, 6.45) is 8.73. The van der Waals surface area contributed by atoms with Crippen molar-refractivity contribution in [3.8, 4) is 0 Å². The third-order valence-corrected chi connectivity index (χ3v) is 6.49. The zero-order valence-electron chi connectivity index (χ0n) is 16.6. The second kappa shape index (κ2) is 7.70. The van der Waals surface area contributed by atoms with Gasteiger partial charge in [0.2, 0.25) is 5.91 Å². The van der Waals surface area contributed by atoms with Crippen LogP contribution in [0.4, 0.5) is 0 Å². The molecule has 1 aromatic rings. The molecule has 0 radical (unpaired) electrons. The number of allylic oxidation sites excluding steroid dienone is 2. The second-order valence-electron chi connectivity index (χ2n) is 8.30. The van der Waals surface area contributed by atoms with Gasteiger partial charge in [-0.2, -0.15) is 0 Å². The Morgan fingerprint density at radius 2 is 2.32 bits per heavy atom. The zero-order chi connectivity index (χ0) is 19.7. The van der Waals surface area contributed by atoms with E-state index in [0.717, 1.165) is 32.2 Å². The summed E-state index contributed by atoms with van der Waals surface area (Å²) in [6.45, 7) is 5.75. The summed E-state index contributed by atoms with van der Waals surface area (Å²) in [7, 11) is 0. The summed E-state index contributed by atoms with van der Waals surface area (Å²) < 4.78 is 11.4. The number of ether oxygens (including phenoxy) is 1. The van der Waals surface area contributed by atoms with E-state index in [9.17, 15) is 9.59 Å². The third-order valence-electron chi connectivity index (χ3n) is 6.49. The van der Waals surface area contributed by atoms with Crippen molar-refractivity contribution in [3.05, 3.63) is 29.7 Å². The van der Waals surface area contributed by atoms with Gasteiger partial charge in [-0.15, -0.1) is 0 Å². The molecule has 3 saturated heterocycles. The van der Waals surface area contributed by atoms with Gasteiger partial charge in [-0.05, 0) is 39.5 Å². The summed E-state index contributed by atoms with van der Waals surface area (Å²) in [5.41, 5.74) is 0.101. The molecule has 152 valence electrons. The van der Waals surface area contributed by atoms with Crippen LogP contribution in [-0.4, -0.2) is 53.2 Å². The number of nitrogens with one attached hydrogen (secondary N) is 1. The van der Waals surface area contributed by atoms with Crippen molar-refractivity contribution in [1.29, 1.82) is 0 Å². The largest absolute Gasteiger partial charge is 0.369 e. The molecular formula is C21H29N3O4. The molecule has 4 heterocycles. The molecule has 1 N–H and O–H groups in total. The number of hydrogen-bond acceptors (Lipinski definition) is 5. The van der Waals surface area contributed by atoms with Gasteiger partial charge in [-0.3, -0.25) is 9.59 Å². The highest BCUT2D eigenvalue weighted by molar-refractivity contribution is 5.92. The number of carbonyl (C=O) groups excluding carboxylic acids is 2. The molecule has 7 heteroatoms. The van der Waals surface area contributed by atoms with Crippen LogP contribution in [0.2, 0.25) is 0 Å². The predicted molar refractivity (Wildman–Crippen MR) is 103 cm³/mol. The molecule has 1 aromatic heterocycles. The highest BCUT2D eigenvalue weighted by atomic mass is 16.5. The van der Waals surface area contributed by atoms with Crippen molar-refractivity contribution >= 4 is 11.8 Å². The van der Waals surface area contributed by atoms with Crippen LogP contribution in [0.1, 0.15) is 55.3 Å². The molecule has 4 rings (SSSR count). The fourth-order valence-corrected chi connectivity index (χ4v) is 5.12. The average Bonchev–Trinajstić information content (AvgIpc) is 3.43. The van der Waals surface area contributed by atoms with Gasteiger partial charge >= 0.3 is 0 Å². The minimum atomic E-state index is -0.219. The summed E-state index contributed by atoms with van der Waals surface area (Å²) in [6, 6.07) is 1.64. The number of fused-ring (bicyclic) bond motifs is 1. The molecule has 3 aliphatic heterocycles. The smallest absolute Gasteiger partial charge is 0.273 e. The normalized spacial score (nSPS) is 30.9. The zero-order valence-corrected chi connectivity index (χ0v) is 16.6. The number of unbranched alkanes of at least 4 members (excludes halogenated alkanes) is 1. The standard InChI is InChI=1S/C21H29N3O4/c1-3-4-5-6-7-19(25)24-12-16-15(18-8-9-21(16,13-24)27-18)11-22-20(26)17-10-14(2)28-23-17/h3-4,10,15-16,18H,5-9,11-13H2,1-2H3,(H,22,26)/b4-3+/t15-,16+,18+,21+/m0/s1. The first-order valence-electron chi connectivity index (χ1n) is 10.3. The Hall–Kier alpha value is -2.15. The average molecular weight is 387 g/mol. The van der Waals surface area contributed by atoms with Crippen molar-refractivity contribution < 1.29 is 18.8 Å². The van der Waals surface area contributed by atoms with Crippen LogP contribution in [0.3, 0.4) is 0 Å². The van der Waals surface area contributed by atoms with E-state index in [1.165, 1.54) is 0 Å². The molecule has 3 aliphatic rings. The number of carbonyl (C=O) groups is 2. The molecule has 7 nitrogen and oxygen atoms in total. The van der Waals surface area contributed by atoms with Crippen LogP contribution < -0.4 is 5.32 Å². The van der Waals surface area contributed by atoms with Crippen molar-refractivity contribution in [1.82, 2.24) is 15.4 Å². The van der Waals surface area contributed by atoms with Gasteiger partial charge in [-0.1, -0.05) is 17.3 Å². The van der Waals surface area contributed by atoms with Crippen molar-refractivity contribution in [3.63, 3.8) is 0 Å². The summed E-state index contributed by atoms with van der Waals surface area (Å²) in [5.74, 6) is 1.16. The van der Waals surface area contributed by atoms with E-state index in [2.05, 4.69) is 16.5 Å². The lowest BCUT2D eigenvalue weighted by Gasteiger charge is -2.29. The third kappa shape index (κ3) is 3.48. The number of aryl methyl sites for hydroxylation is 1. The highest BCUT2D eigenvalue weighted by Crippen LogP contribution is 2.54. The van der Waals surface area contributed by atoms with Gasteiger partial charge < -0.3 is 19.5 Å². The van der Waals surface area contributed by atoms with Crippen molar-refractivity contribution in [2.45, 2.75) is 57.7 Å². The number of amides is 2. The molecule has 0 unspecified atom stereocenters. The molecule has 1 spiro atoms. The number of rotatable bonds is 7. The first-order chi connectivity index (χ1) is 13.5. The number of nitrogens with zero attached hydrogens (tertiary/aromatic N) is 2. The highest BCUT2D eigenvalue weighted by Gasteiger charge is 2.63. The number of likely N-dealkylation sites (tertiary alicyclic amines) is 1. The van der Waals surface area contributed by atoms with Gasteiger partial charge in [0.15, 0.2) is 5.69 Å². The fourth-order valence-electron chi connectivity index (χ4n) is 5.12. The molecule has 3 fully saturated rings. The predicted octanol–water partition coefficient (Wildman–Crippen LogP) is 2.47. The Kier molecular flexibility index (Phi) is 5.27. The second-order valence-corrected chi connectivity index (χ2v) is 8.30. The Balaban J connectivity index is 1.35. The van der Waals surface area contributed by atoms with E-state index in [0.29, 0.717) is 36.9 Å². The maximum atomic E-state index is 12.6. The first-order valence-corrected chi connectivity index (χ1v) is 10.3. The van der Waals surface area contributed by atoms with Gasteiger partial charge in [-0.25, -0.2) is 0 Å².